The fourth-order valence-electron chi connectivity index (χ4n) is 7.33. The molecule has 6 rings (SSSR count). The molecule has 2 aliphatic heterocycles. The van der Waals surface area contributed by atoms with Crippen LogP contribution in [-0.2, 0) is 63.4 Å². The average Bonchev–Trinajstić information content (AvgIpc) is 3.52. The molecule has 1 aromatic carbocycles. The predicted octanol–water partition coefficient (Wildman–Crippen LogP) is 0.600. The minimum atomic E-state index is -2.04. The minimum absolute atomic E-state index is 0.0347. The fourth-order valence-corrected chi connectivity index (χ4v) is 7.58. The van der Waals surface area contributed by atoms with Gasteiger partial charge in [0.2, 0.25) is 29.5 Å². The van der Waals surface area contributed by atoms with E-state index in [-0.39, 0.29) is 48.0 Å². The van der Waals surface area contributed by atoms with Crippen LogP contribution < -0.4 is 32.1 Å². The SMILES string of the molecule is CC[C@@]1(O)C(=O)OCc2c1cc1n(c2=O)Cc2c-1nc1cc(F)c(Cl)c3c1c2[C@@H](NC(=O)COCNC(=O)[C@H](C)NC(=O)[C@H](C)NC(=O)[C@H](C)NC(C)=O)CC3. The number of aliphatic hydroxyl groups is 1. The molecule has 0 fully saturated rings. The number of hydrogen-bond donors (Lipinski definition) is 6. The van der Waals surface area contributed by atoms with Crippen molar-refractivity contribution in [3.05, 3.63) is 61.1 Å². The Kier molecular flexibility index (Phi) is 11.2. The first-order chi connectivity index (χ1) is 26.5. The monoisotopic (exact) mass is 797 g/mol. The molecule has 5 atom stereocenters. The highest BCUT2D eigenvalue weighted by atomic mass is 35.5. The largest absolute Gasteiger partial charge is 0.458 e. The zero-order valence-electron chi connectivity index (χ0n) is 31.2. The highest BCUT2D eigenvalue weighted by Gasteiger charge is 2.46. The lowest BCUT2D eigenvalue weighted by Gasteiger charge is -2.31. The smallest absolute Gasteiger partial charge is 0.343 e. The first-order valence-electron chi connectivity index (χ1n) is 18.0. The Hall–Kier alpha value is -5.46. The van der Waals surface area contributed by atoms with Gasteiger partial charge in [-0.2, -0.15) is 0 Å². The van der Waals surface area contributed by atoms with Crippen molar-refractivity contribution >= 4 is 58.0 Å². The Morgan fingerprint density at radius 1 is 1.04 bits per heavy atom. The molecule has 5 amide bonds. The molecule has 3 aromatic rings. The maximum absolute atomic E-state index is 15.1. The van der Waals surface area contributed by atoms with Crippen molar-refractivity contribution in [2.24, 2.45) is 0 Å². The third kappa shape index (κ3) is 7.31. The lowest BCUT2D eigenvalue weighted by Crippen LogP contribution is -2.54. The third-order valence-corrected chi connectivity index (χ3v) is 10.7. The second kappa shape index (κ2) is 15.6. The highest BCUT2D eigenvalue weighted by molar-refractivity contribution is 6.32. The number of pyridine rings is 2. The van der Waals surface area contributed by atoms with E-state index >= 15 is 4.39 Å². The molecule has 2 aromatic heterocycles. The Balaban J connectivity index is 1.14. The van der Waals surface area contributed by atoms with Gasteiger partial charge in [-0.3, -0.25) is 28.8 Å². The number of halogens is 2. The number of nitrogens with one attached hydrogen (secondary N) is 5. The number of carbonyl (C=O) groups is 6. The van der Waals surface area contributed by atoms with E-state index in [1.54, 1.807) is 13.0 Å². The molecule has 1 aliphatic carbocycles. The van der Waals surface area contributed by atoms with E-state index in [2.05, 4.69) is 26.6 Å². The first kappa shape index (κ1) is 40.2. The number of ether oxygens (including phenoxy) is 2. The van der Waals surface area contributed by atoms with E-state index in [0.29, 0.717) is 46.3 Å². The van der Waals surface area contributed by atoms with Crippen molar-refractivity contribution in [3.63, 3.8) is 0 Å². The van der Waals surface area contributed by atoms with Crippen molar-refractivity contribution < 1.29 is 47.7 Å². The van der Waals surface area contributed by atoms with E-state index in [0.717, 1.165) is 0 Å². The lowest BCUT2D eigenvalue weighted by molar-refractivity contribution is -0.172. The normalized spacial score (nSPS) is 19.4. The average molecular weight is 798 g/mol. The van der Waals surface area contributed by atoms with Crippen LogP contribution in [0.4, 0.5) is 4.39 Å². The lowest BCUT2D eigenvalue weighted by atomic mass is 9.83. The first-order valence-corrected chi connectivity index (χ1v) is 18.4. The number of amides is 5. The maximum Gasteiger partial charge on any atom is 0.343 e. The number of aryl methyl sites for hydroxylation is 1. The van der Waals surface area contributed by atoms with Gasteiger partial charge in [0.05, 0.1) is 40.1 Å². The standard InChI is InChI=1S/C37H41ClFN7O10/c1-6-37(54)22-9-26-31-20(11-46(26)35(52)21(22)12-56-36(37)53)29-24(8-7-19-28(29)25(45-31)10-23(39)30(19)38)44-27(48)13-55-14-40-32(49)15(2)42-34(51)17(4)43-33(50)16(3)41-18(5)47/h9-10,15-17,24,54H,6-8,11-14H2,1-5H3,(H,40,49)(H,41,47)(H,42,51)(H,43,50)(H,44,48)/t15-,16-,17-,24-,37-/m0/s1. The molecule has 0 unspecified atom stereocenters. The Labute approximate surface area is 324 Å². The Morgan fingerprint density at radius 3 is 2.36 bits per heavy atom. The third-order valence-electron chi connectivity index (χ3n) is 10.3. The molecule has 17 nitrogen and oxygen atoms in total. The van der Waals surface area contributed by atoms with Gasteiger partial charge in [0.1, 0.15) is 43.9 Å². The molecule has 4 heterocycles. The van der Waals surface area contributed by atoms with Crippen LogP contribution in [0.5, 0.6) is 0 Å². The van der Waals surface area contributed by atoms with Crippen LogP contribution in [0.1, 0.15) is 81.3 Å². The van der Waals surface area contributed by atoms with Crippen LogP contribution >= 0.6 is 11.6 Å². The van der Waals surface area contributed by atoms with E-state index in [1.807, 2.05) is 0 Å². The van der Waals surface area contributed by atoms with Gasteiger partial charge in [-0.05, 0) is 57.2 Å². The molecule has 56 heavy (non-hydrogen) atoms. The second-order valence-corrected chi connectivity index (χ2v) is 14.5. The van der Waals surface area contributed by atoms with Crippen LogP contribution in [0, 0.1) is 5.82 Å². The number of rotatable bonds is 12. The highest BCUT2D eigenvalue weighted by Crippen LogP contribution is 2.46. The second-order valence-electron chi connectivity index (χ2n) is 14.1. The number of aromatic nitrogens is 2. The predicted molar refractivity (Wildman–Crippen MR) is 196 cm³/mol. The molecular weight excluding hydrogens is 757 g/mol. The van der Waals surface area contributed by atoms with E-state index < -0.39 is 83.3 Å². The molecule has 0 saturated carbocycles. The van der Waals surface area contributed by atoms with Gasteiger partial charge >= 0.3 is 5.97 Å². The van der Waals surface area contributed by atoms with Crippen molar-refractivity contribution in [2.45, 2.75) is 96.8 Å². The minimum Gasteiger partial charge on any atom is -0.458 e. The maximum atomic E-state index is 15.1. The summed E-state index contributed by atoms with van der Waals surface area (Å²) in [6, 6.07) is -0.831. The zero-order chi connectivity index (χ0) is 40.8. The summed E-state index contributed by atoms with van der Waals surface area (Å²) in [6.45, 7) is 6.00. The summed E-state index contributed by atoms with van der Waals surface area (Å²) in [5.41, 5.74) is 0.308. The van der Waals surface area contributed by atoms with Gasteiger partial charge < -0.3 is 45.7 Å². The van der Waals surface area contributed by atoms with Crippen LogP contribution in [0.25, 0.3) is 22.3 Å². The number of cyclic esters (lactones) is 1. The topological polar surface area (TPSA) is 236 Å². The van der Waals surface area contributed by atoms with E-state index in [1.165, 1.54) is 38.3 Å². The zero-order valence-corrected chi connectivity index (χ0v) is 31.9. The summed E-state index contributed by atoms with van der Waals surface area (Å²) in [7, 11) is 0. The molecule has 0 saturated heterocycles. The molecule has 0 spiro atoms. The van der Waals surface area contributed by atoms with Gasteiger partial charge in [0.25, 0.3) is 5.56 Å². The number of nitrogens with zero attached hydrogens (tertiary/aromatic N) is 2. The van der Waals surface area contributed by atoms with Crippen molar-refractivity contribution in [1.82, 2.24) is 36.1 Å². The van der Waals surface area contributed by atoms with E-state index in [9.17, 15) is 38.7 Å². The number of esters is 1. The summed E-state index contributed by atoms with van der Waals surface area (Å²) >= 11 is 6.44. The van der Waals surface area contributed by atoms with Gasteiger partial charge in [-0.25, -0.2) is 14.2 Å². The van der Waals surface area contributed by atoms with Crippen molar-refractivity contribution in [1.29, 1.82) is 0 Å². The van der Waals surface area contributed by atoms with E-state index in [4.69, 9.17) is 26.1 Å². The van der Waals surface area contributed by atoms with Crippen molar-refractivity contribution in [2.75, 3.05) is 13.3 Å². The van der Waals surface area contributed by atoms with Gasteiger partial charge in [-0.1, -0.05) is 18.5 Å². The molecule has 0 bridgehead atoms. The number of benzene rings is 1. The molecule has 19 heteroatoms. The Bertz CT molecular complexity index is 2260. The van der Waals surface area contributed by atoms with Gasteiger partial charge in [0, 0.05) is 29.5 Å². The van der Waals surface area contributed by atoms with Crippen molar-refractivity contribution in [3.8, 4) is 11.4 Å². The molecule has 3 aliphatic rings. The number of carbonyl (C=O) groups excluding carboxylic acids is 6. The van der Waals surface area contributed by atoms with Crippen LogP contribution in [0.3, 0.4) is 0 Å². The summed E-state index contributed by atoms with van der Waals surface area (Å²) in [6.07, 6.45) is 0.565. The summed E-state index contributed by atoms with van der Waals surface area (Å²) in [5, 5.41) is 24.5. The summed E-state index contributed by atoms with van der Waals surface area (Å²) in [4.78, 5) is 93.0. The van der Waals surface area contributed by atoms with Crippen LogP contribution in [0.15, 0.2) is 16.9 Å². The Morgan fingerprint density at radius 2 is 1.70 bits per heavy atom. The molecule has 6 N–H and O–H groups in total. The number of hydrogen-bond acceptors (Lipinski definition) is 11. The number of fused-ring (bicyclic) bond motifs is 5. The van der Waals surface area contributed by atoms with Gasteiger partial charge in [-0.15, -0.1) is 0 Å². The molecule has 298 valence electrons. The quantitative estimate of drug-likeness (QED) is 0.0660. The summed E-state index contributed by atoms with van der Waals surface area (Å²) < 4.78 is 27.1. The van der Waals surface area contributed by atoms with Crippen LogP contribution in [-0.4, -0.2) is 81.6 Å². The van der Waals surface area contributed by atoms with Crippen LogP contribution in [0.2, 0.25) is 5.02 Å². The van der Waals surface area contributed by atoms with Gasteiger partial charge in [0.15, 0.2) is 5.60 Å². The molecular formula is C37H41ClFN7O10. The summed E-state index contributed by atoms with van der Waals surface area (Å²) in [5.74, 6) is -4.37. The molecule has 0 radical (unpaired) electrons. The fraction of sp³-hybridized carbons (Fsp3) is 0.459.